The van der Waals surface area contributed by atoms with Crippen LogP contribution in [0.4, 0.5) is 0 Å². The van der Waals surface area contributed by atoms with Gasteiger partial charge in [-0.15, -0.1) is 17.7 Å². The second-order valence-electron chi connectivity index (χ2n) is 1.49. The van der Waals surface area contributed by atoms with Crippen molar-refractivity contribution >= 4 is 13.0 Å². The molecule has 0 heterocycles. The molecule has 56 valence electrons. The summed E-state index contributed by atoms with van der Waals surface area (Å²) in [7, 11) is 0. The Labute approximate surface area is 79.9 Å². The Hall–Kier alpha value is 0.000260. The molecule has 0 spiro atoms. The Morgan fingerprint density at radius 2 is 1.70 bits per heavy atom. The quantitative estimate of drug-likeness (QED) is 0.370. The number of rotatable bonds is 0. The molecule has 0 N–H and O–H groups in total. The molecule has 0 aliphatic heterocycles. The molecule has 0 amide bonds. The summed E-state index contributed by atoms with van der Waals surface area (Å²) in [5, 5.41) is 0. The van der Waals surface area contributed by atoms with Gasteiger partial charge in [-0.05, 0) is 0 Å². The molecular formula is C8H5AuBr-. The van der Waals surface area contributed by atoms with Crippen LogP contribution in [-0.4, -0.2) is 0 Å². The molecule has 0 aliphatic carbocycles. The van der Waals surface area contributed by atoms with E-state index < -0.39 is 0 Å². The van der Waals surface area contributed by atoms with Gasteiger partial charge >= 0.3 is 32.0 Å². The van der Waals surface area contributed by atoms with E-state index in [0.717, 1.165) is 5.56 Å². The molecular weight excluding hydrogens is 373 g/mol. The maximum absolute atomic E-state index is 6.69. The zero-order chi connectivity index (χ0) is 7.82. The van der Waals surface area contributed by atoms with Crippen LogP contribution in [0.15, 0.2) is 30.3 Å². The van der Waals surface area contributed by atoms with E-state index in [1.54, 1.807) is 0 Å². The van der Waals surface area contributed by atoms with Crippen LogP contribution < -0.4 is 0 Å². The van der Waals surface area contributed by atoms with Gasteiger partial charge in [-0.1, -0.05) is 18.2 Å². The van der Waals surface area contributed by atoms with E-state index in [1.165, 1.54) is 0 Å². The smallest absolute Gasteiger partial charge is 0.0652 e. The van der Waals surface area contributed by atoms with E-state index in [2.05, 4.69) is 37.9 Å². The molecule has 0 unspecified atom stereocenters. The van der Waals surface area contributed by atoms with Gasteiger partial charge < -0.3 is 6.42 Å². The predicted octanol–water partition coefficient (Wildman–Crippen LogP) is 2.47. The van der Waals surface area contributed by atoms with Crippen LogP contribution in [0.5, 0.6) is 0 Å². The third-order valence-electron chi connectivity index (χ3n) is 0.918. The molecule has 0 aromatic heterocycles. The third kappa shape index (κ3) is 3.92. The molecule has 0 saturated heterocycles. The first-order chi connectivity index (χ1) is 4.93. The van der Waals surface area contributed by atoms with Crippen LogP contribution in [0.25, 0.3) is 0 Å². The minimum Gasteiger partial charge on any atom is -0.366 e. The zero-order valence-corrected chi connectivity index (χ0v) is 8.82. The van der Waals surface area contributed by atoms with Crippen LogP contribution in [0.2, 0.25) is 0 Å². The summed E-state index contributed by atoms with van der Waals surface area (Å²) >= 11 is 4.97. The Bertz CT molecular complexity index is 200. The number of benzene rings is 1. The summed E-state index contributed by atoms with van der Waals surface area (Å²) in [6.45, 7) is 0. The summed E-state index contributed by atoms with van der Waals surface area (Å²) in [5.41, 5.74) is 0.826. The predicted molar refractivity (Wildman–Crippen MR) is 41.6 cm³/mol. The van der Waals surface area contributed by atoms with Crippen LogP contribution in [0.1, 0.15) is 5.56 Å². The van der Waals surface area contributed by atoms with Gasteiger partial charge in [0.1, 0.15) is 0 Å². The van der Waals surface area contributed by atoms with Gasteiger partial charge in [-0.3, -0.25) is 5.92 Å². The van der Waals surface area contributed by atoms with Crippen molar-refractivity contribution in [3.8, 4) is 5.92 Å². The second-order valence-corrected chi connectivity index (χ2v) is 1.49. The fourth-order valence-corrected chi connectivity index (χ4v) is 0.521. The minimum atomic E-state index is 0.826. The van der Waals surface area contributed by atoms with Crippen molar-refractivity contribution in [2.75, 3.05) is 0 Å². The number of hydrogen-bond acceptors (Lipinski definition) is 0. The van der Waals surface area contributed by atoms with Crippen LogP contribution >= 0.6 is 13.0 Å². The summed E-state index contributed by atoms with van der Waals surface area (Å²) < 4.78 is 0. The molecule has 0 nitrogen and oxygen atoms in total. The Balaban J connectivity index is 0.000000371. The van der Waals surface area contributed by atoms with Crippen molar-refractivity contribution in [1.29, 1.82) is 0 Å². The summed E-state index contributed by atoms with van der Waals surface area (Å²) in [6, 6.07) is 9.37. The first kappa shape index (κ1) is 10.0. The van der Waals surface area contributed by atoms with Crippen LogP contribution in [-0.2, 0) is 18.9 Å². The molecule has 0 bridgehead atoms. The summed E-state index contributed by atoms with van der Waals surface area (Å²) in [4.78, 5) is 0. The number of halogens is 1. The van der Waals surface area contributed by atoms with E-state index >= 15 is 0 Å². The molecule has 0 saturated carbocycles. The Morgan fingerprint density at radius 1 is 1.20 bits per heavy atom. The van der Waals surface area contributed by atoms with E-state index in [9.17, 15) is 0 Å². The van der Waals surface area contributed by atoms with E-state index in [4.69, 9.17) is 6.42 Å². The molecule has 1 rings (SSSR count). The van der Waals surface area contributed by atoms with Gasteiger partial charge in [0.05, 0.1) is 0 Å². The Kier molecular flexibility index (Phi) is 7.11. The number of hydrogen-bond donors (Lipinski definition) is 0. The van der Waals surface area contributed by atoms with Crippen molar-refractivity contribution in [3.05, 3.63) is 42.3 Å². The standard InChI is InChI=1S/C8H5.Au.BrH/c1-2-8-6-4-3-5-7-8;;/h3-7H;;1H/q-1;+1;/p-1. The average Bonchev–Trinajstić information content (AvgIpc) is 2.10. The van der Waals surface area contributed by atoms with Crippen molar-refractivity contribution in [2.24, 2.45) is 0 Å². The molecule has 1 aromatic carbocycles. The monoisotopic (exact) mass is 377 g/mol. The van der Waals surface area contributed by atoms with E-state index in [-0.39, 0.29) is 0 Å². The molecule has 0 radical (unpaired) electrons. The SMILES string of the molecule is [Br][Au].[C-]#Cc1ccccc1. The fourth-order valence-electron chi connectivity index (χ4n) is 0.521. The van der Waals surface area contributed by atoms with Gasteiger partial charge in [-0.25, -0.2) is 0 Å². The normalized spacial score (nSPS) is 7.00. The van der Waals surface area contributed by atoms with Crippen molar-refractivity contribution < 1.29 is 18.9 Å². The minimum absolute atomic E-state index is 0.826. The largest absolute Gasteiger partial charge is 0.366 e. The molecule has 2 heteroatoms. The van der Waals surface area contributed by atoms with Gasteiger partial charge in [0.15, 0.2) is 0 Å². The second kappa shape index (κ2) is 7.11. The van der Waals surface area contributed by atoms with Gasteiger partial charge in [0.2, 0.25) is 0 Å². The first-order valence-corrected chi connectivity index (χ1v) is 7.26. The topological polar surface area (TPSA) is 0 Å². The first-order valence-electron chi connectivity index (χ1n) is 2.52. The maximum atomic E-state index is 6.69. The molecule has 0 fully saturated rings. The average molecular weight is 378 g/mol. The van der Waals surface area contributed by atoms with E-state index in [1.807, 2.05) is 30.3 Å². The maximum Gasteiger partial charge on any atom is -0.0652 e. The zero-order valence-electron chi connectivity index (χ0n) is 5.07. The molecule has 0 atom stereocenters. The molecule has 0 aliphatic rings. The molecule has 10 heavy (non-hydrogen) atoms. The van der Waals surface area contributed by atoms with E-state index in [0.29, 0.717) is 0 Å². The van der Waals surface area contributed by atoms with Crippen molar-refractivity contribution in [2.45, 2.75) is 0 Å². The van der Waals surface area contributed by atoms with Crippen LogP contribution in [0.3, 0.4) is 0 Å². The third-order valence-corrected chi connectivity index (χ3v) is 0.918. The Morgan fingerprint density at radius 3 is 2.00 bits per heavy atom. The fraction of sp³-hybridized carbons (Fsp3) is 0. The van der Waals surface area contributed by atoms with Crippen molar-refractivity contribution in [1.82, 2.24) is 0 Å². The van der Waals surface area contributed by atoms with Gasteiger partial charge in [-0.2, -0.15) is 0 Å². The van der Waals surface area contributed by atoms with Crippen LogP contribution in [0, 0.1) is 12.3 Å². The van der Waals surface area contributed by atoms with Gasteiger partial charge in [0.25, 0.3) is 0 Å². The summed E-state index contributed by atoms with van der Waals surface area (Å²) in [6.07, 6.45) is 6.69. The summed E-state index contributed by atoms with van der Waals surface area (Å²) in [5.74, 6) is 2.28. The molecule has 1 aromatic rings. The van der Waals surface area contributed by atoms with Gasteiger partial charge in [0, 0.05) is 0 Å². The van der Waals surface area contributed by atoms with Crippen molar-refractivity contribution in [3.63, 3.8) is 0 Å².